The summed E-state index contributed by atoms with van der Waals surface area (Å²) < 4.78 is 4.88. The second kappa shape index (κ2) is 10.2. The van der Waals surface area contributed by atoms with Crippen molar-refractivity contribution in [3.8, 4) is 0 Å². The normalized spacial score (nSPS) is 13.6. The number of carbonyl (C=O) groups excluding carboxylic acids is 2. The number of hydrogen-bond acceptors (Lipinski definition) is 4. The molecule has 0 fully saturated rings. The molecule has 1 unspecified atom stereocenters. The molecule has 128 valence electrons. The predicted octanol–water partition coefficient (Wildman–Crippen LogP) is 3.48. The summed E-state index contributed by atoms with van der Waals surface area (Å²) in [5, 5.41) is 0. The van der Waals surface area contributed by atoms with Gasteiger partial charge in [0.25, 0.3) is 0 Å². The number of nitrogens with two attached hydrogens (primary N) is 1. The molecule has 0 aliphatic carbocycles. The quantitative estimate of drug-likeness (QED) is 0.559. The van der Waals surface area contributed by atoms with Crippen LogP contribution in [0.25, 0.3) is 0 Å². The molecule has 0 aliphatic heterocycles. The number of ether oxygens (including phenoxy) is 1. The topological polar surface area (TPSA) is 69.4 Å². The van der Waals surface area contributed by atoms with Gasteiger partial charge in [0.1, 0.15) is 6.04 Å². The average molecular weight is 319 g/mol. The predicted molar refractivity (Wildman–Crippen MR) is 91.7 cm³/mol. The van der Waals surface area contributed by atoms with Crippen LogP contribution in [0.15, 0.2) is 30.3 Å². The second-order valence-corrected chi connectivity index (χ2v) is 6.72. The van der Waals surface area contributed by atoms with Crippen molar-refractivity contribution in [2.45, 2.75) is 58.9 Å². The van der Waals surface area contributed by atoms with Crippen LogP contribution in [0.5, 0.6) is 0 Å². The average Bonchev–Trinajstić information content (AvgIpc) is 2.47. The van der Waals surface area contributed by atoms with Gasteiger partial charge in [0.15, 0.2) is 0 Å². The fourth-order valence-electron chi connectivity index (χ4n) is 2.44. The van der Waals surface area contributed by atoms with Gasteiger partial charge >= 0.3 is 11.9 Å². The lowest BCUT2D eigenvalue weighted by Gasteiger charge is -2.13. The first-order chi connectivity index (χ1) is 10.9. The first-order valence-corrected chi connectivity index (χ1v) is 8.42. The van der Waals surface area contributed by atoms with Gasteiger partial charge in [0.05, 0.1) is 0 Å². The van der Waals surface area contributed by atoms with Crippen molar-refractivity contribution >= 4 is 11.9 Å². The van der Waals surface area contributed by atoms with Crippen molar-refractivity contribution in [3.05, 3.63) is 35.9 Å². The van der Waals surface area contributed by atoms with Gasteiger partial charge in [-0.15, -0.1) is 0 Å². The number of rotatable bonds is 9. The van der Waals surface area contributed by atoms with E-state index in [2.05, 4.69) is 13.8 Å². The molecule has 0 aliphatic rings. The summed E-state index contributed by atoms with van der Waals surface area (Å²) in [6.45, 7) is 6.38. The van der Waals surface area contributed by atoms with E-state index in [-0.39, 0.29) is 12.3 Å². The largest absolute Gasteiger partial charge is 0.392 e. The maximum atomic E-state index is 11.9. The number of benzene rings is 1. The smallest absolute Gasteiger partial charge is 0.330 e. The molecule has 0 heterocycles. The Morgan fingerprint density at radius 1 is 1.09 bits per heavy atom. The monoisotopic (exact) mass is 319 g/mol. The molecule has 2 N–H and O–H groups in total. The lowest BCUT2D eigenvalue weighted by Crippen LogP contribution is -2.35. The summed E-state index contributed by atoms with van der Waals surface area (Å²) in [6.07, 6.45) is 3.85. The molecular formula is C19H29NO3. The summed E-state index contributed by atoms with van der Waals surface area (Å²) in [5.41, 5.74) is 6.77. The van der Waals surface area contributed by atoms with Crippen molar-refractivity contribution in [1.82, 2.24) is 0 Å². The molecule has 1 aromatic rings. The minimum Gasteiger partial charge on any atom is -0.392 e. The van der Waals surface area contributed by atoms with Gasteiger partial charge in [0, 0.05) is 6.42 Å². The summed E-state index contributed by atoms with van der Waals surface area (Å²) in [5.74, 6) is -0.227. The van der Waals surface area contributed by atoms with Crippen molar-refractivity contribution < 1.29 is 14.3 Å². The fourth-order valence-corrected chi connectivity index (χ4v) is 2.44. The van der Waals surface area contributed by atoms with E-state index in [1.165, 1.54) is 0 Å². The molecule has 1 aromatic carbocycles. The highest BCUT2D eigenvalue weighted by molar-refractivity contribution is 5.88. The van der Waals surface area contributed by atoms with Crippen LogP contribution < -0.4 is 5.73 Å². The van der Waals surface area contributed by atoms with Crippen LogP contribution in [-0.4, -0.2) is 18.0 Å². The van der Waals surface area contributed by atoms with Gasteiger partial charge in [0.2, 0.25) is 0 Å². The summed E-state index contributed by atoms with van der Waals surface area (Å²) in [4.78, 5) is 23.7. The van der Waals surface area contributed by atoms with Crippen LogP contribution in [-0.2, 0) is 20.7 Å². The number of esters is 2. The van der Waals surface area contributed by atoms with Gasteiger partial charge in [-0.3, -0.25) is 4.79 Å². The van der Waals surface area contributed by atoms with E-state index in [1.54, 1.807) is 0 Å². The van der Waals surface area contributed by atoms with Gasteiger partial charge in [-0.1, -0.05) is 70.4 Å². The van der Waals surface area contributed by atoms with E-state index < -0.39 is 18.0 Å². The Morgan fingerprint density at radius 3 is 2.35 bits per heavy atom. The summed E-state index contributed by atoms with van der Waals surface area (Å²) in [6, 6.07) is 8.65. The van der Waals surface area contributed by atoms with Gasteiger partial charge in [-0.2, -0.15) is 0 Å². The molecule has 2 atom stereocenters. The maximum Gasteiger partial charge on any atom is 0.330 e. The van der Waals surface area contributed by atoms with E-state index in [9.17, 15) is 9.59 Å². The highest BCUT2D eigenvalue weighted by Crippen LogP contribution is 2.16. The van der Waals surface area contributed by atoms with Gasteiger partial charge in [-0.25, -0.2) is 4.79 Å². The molecule has 0 spiro atoms. The summed E-state index contributed by atoms with van der Waals surface area (Å²) in [7, 11) is 0. The molecule has 0 radical (unpaired) electrons. The SMILES string of the molecule is CC(C)CCCC(C)CC(=O)OC(=O)[C@@H](N)Cc1ccccc1. The molecule has 23 heavy (non-hydrogen) atoms. The first kappa shape index (κ1) is 19.4. The molecule has 0 amide bonds. The van der Waals surface area contributed by atoms with Crippen LogP contribution in [0.4, 0.5) is 0 Å². The Kier molecular flexibility index (Phi) is 8.56. The molecule has 0 aromatic heterocycles. The van der Waals surface area contributed by atoms with Gasteiger partial charge in [-0.05, 0) is 23.8 Å². The maximum absolute atomic E-state index is 11.9. The zero-order valence-electron chi connectivity index (χ0n) is 14.5. The Morgan fingerprint density at radius 2 is 1.74 bits per heavy atom. The van der Waals surface area contributed by atoms with Crippen LogP contribution in [0.2, 0.25) is 0 Å². The fraction of sp³-hybridized carbons (Fsp3) is 0.579. The second-order valence-electron chi connectivity index (χ2n) is 6.72. The van der Waals surface area contributed by atoms with Crippen molar-refractivity contribution in [3.63, 3.8) is 0 Å². The van der Waals surface area contributed by atoms with Crippen LogP contribution in [0, 0.1) is 11.8 Å². The zero-order chi connectivity index (χ0) is 17.2. The third-order valence-electron chi connectivity index (χ3n) is 3.81. The van der Waals surface area contributed by atoms with Gasteiger partial charge < -0.3 is 10.5 Å². The lowest BCUT2D eigenvalue weighted by molar-refractivity contribution is -0.161. The molecule has 4 heteroatoms. The van der Waals surface area contributed by atoms with E-state index >= 15 is 0 Å². The first-order valence-electron chi connectivity index (χ1n) is 8.42. The van der Waals surface area contributed by atoms with Crippen molar-refractivity contribution in [2.24, 2.45) is 17.6 Å². The van der Waals surface area contributed by atoms with E-state index in [1.807, 2.05) is 37.3 Å². The lowest BCUT2D eigenvalue weighted by atomic mass is 9.97. The third kappa shape index (κ3) is 8.50. The molecule has 4 nitrogen and oxygen atoms in total. The standard InChI is InChI=1S/C19H29NO3/c1-14(2)8-7-9-15(3)12-18(21)23-19(22)17(20)13-16-10-5-4-6-11-16/h4-6,10-11,14-15,17H,7-9,12-13,20H2,1-3H3/t15?,17-/m0/s1. The number of carbonyl (C=O) groups is 2. The minimum atomic E-state index is -0.808. The zero-order valence-corrected chi connectivity index (χ0v) is 14.5. The summed E-state index contributed by atoms with van der Waals surface area (Å²) >= 11 is 0. The van der Waals surface area contributed by atoms with E-state index in [4.69, 9.17) is 10.5 Å². The van der Waals surface area contributed by atoms with Crippen LogP contribution in [0.3, 0.4) is 0 Å². The molecule has 1 rings (SSSR count). The van der Waals surface area contributed by atoms with E-state index in [0.717, 1.165) is 24.8 Å². The molecule has 0 saturated carbocycles. The Balaban J connectivity index is 2.31. The van der Waals surface area contributed by atoms with Crippen molar-refractivity contribution in [2.75, 3.05) is 0 Å². The molecule has 0 saturated heterocycles. The Labute approximate surface area is 139 Å². The minimum absolute atomic E-state index is 0.222. The van der Waals surface area contributed by atoms with E-state index in [0.29, 0.717) is 12.3 Å². The van der Waals surface area contributed by atoms with Crippen molar-refractivity contribution in [1.29, 1.82) is 0 Å². The molecular weight excluding hydrogens is 290 g/mol. The highest BCUT2D eigenvalue weighted by atomic mass is 16.6. The van der Waals surface area contributed by atoms with Crippen LogP contribution in [0.1, 0.15) is 52.0 Å². The molecule has 0 bridgehead atoms. The Bertz CT molecular complexity index is 485. The number of hydrogen-bond donors (Lipinski definition) is 1. The third-order valence-corrected chi connectivity index (χ3v) is 3.81. The van der Waals surface area contributed by atoms with Crippen LogP contribution >= 0.6 is 0 Å². The Hall–Kier alpha value is -1.68. The highest BCUT2D eigenvalue weighted by Gasteiger charge is 2.20.